The van der Waals surface area contributed by atoms with Crippen molar-refractivity contribution in [2.24, 2.45) is 0 Å². The third-order valence-corrected chi connectivity index (χ3v) is 7.77. The Morgan fingerprint density at radius 2 is 1.18 bits per heavy atom. The Kier molecular flexibility index (Phi) is 7.43. The minimum atomic E-state index is -4.35. The van der Waals surface area contributed by atoms with Crippen LogP contribution in [0.2, 0.25) is 0 Å². The summed E-state index contributed by atoms with van der Waals surface area (Å²) in [6.07, 6.45) is 0. The summed E-state index contributed by atoms with van der Waals surface area (Å²) < 4.78 is 33.8. The summed E-state index contributed by atoms with van der Waals surface area (Å²) in [5.74, 6) is -1.49. The Morgan fingerprint density at radius 3 is 1.68 bits per heavy atom. The molecular formula is C29H29N5O5S. The predicted molar refractivity (Wildman–Crippen MR) is 156 cm³/mol. The van der Waals surface area contributed by atoms with Crippen molar-refractivity contribution in [3.63, 3.8) is 0 Å². The molecule has 1 amide bonds. The maximum absolute atomic E-state index is 13.7. The van der Waals surface area contributed by atoms with Gasteiger partial charge in [-0.2, -0.15) is 4.31 Å². The van der Waals surface area contributed by atoms with Gasteiger partial charge in [0.05, 0.1) is 16.1 Å². The van der Waals surface area contributed by atoms with Crippen LogP contribution in [0.4, 0.5) is 28.4 Å². The number of carbonyl (C=O) groups excluding carboxylic acids is 2. The number of nitrogens with two attached hydrogens (primary N) is 4. The molecule has 0 saturated heterocycles. The zero-order valence-corrected chi connectivity index (χ0v) is 22.7. The molecule has 206 valence electrons. The van der Waals surface area contributed by atoms with E-state index in [-0.39, 0.29) is 33.1 Å². The minimum Gasteiger partial charge on any atom is -0.451 e. The van der Waals surface area contributed by atoms with Crippen LogP contribution >= 0.6 is 0 Å². The molecule has 0 heterocycles. The number of ether oxygens (including phenoxy) is 1. The van der Waals surface area contributed by atoms with Gasteiger partial charge in [-0.15, -0.1) is 0 Å². The summed E-state index contributed by atoms with van der Waals surface area (Å²) in [5, 5.41) is 0. The number of carbonyl (C=O) groups is 2. The predicted octanol–water partition coefficient (Wildman–Crippen LogP) is 4.14. The number of nitrogens with zero attached hydrogens (tertiary/aromatic N) is 1. The van der Waals surface area contributed by atoms with Gasteiger partial charge in [0, 0.05) is 28.3 Å². The highest BCUT2D eigenvalue weighted by Crippen LogP contribution is 2.32. The van der Waals surface area contributed by atoms with E-state index in [1.807, 2.05) is 0 Å². The lowest BCUT2D eigenvalue weighted by molar-refractivity contribution is -0.00311. The highest BCUT2D eigenvalue weighted by molar-refractivity contribution is 7.93. The summed E-state index contributed by atoms with van der Waals surface area (Å²) in [7, 11) is -4.35. The number of esters is 1. The quantitative estimate of drug-likeness (QED) is 0.191. The van der Waals surface area contributed by atoms with Crippen LogP contribution in [0.3, 0.4) is 0 Å². The zero-order valence-electron chi connectivity index (χ0n) is 21.9. The second-order valence-electron chi connectivity index (χ2n) is 9.61. The molecule has 0 aliphatic heterocycles. The summed E-state index contributed by atoms with van der Waals surface area (Å²) in [4.78, 5) is 26.4. The first-order valence-electron chi connectivity index (χ1n) is 12.1. The molecule has 11 heteroatoms. The minimum absolute atomic E-state index is 0.00301. The van der Waals surface area contributed by atoms with Crippen molar-refractivity contribution in [3.05, 3.63) is 108 Å². The van der Waals surface area contributed by atoms with Crippen LogP contribution in [0, 0.1) is 0 Å². The molecule has 0 radical (unpaired) electrons. The van der Waals surface area contributed by atoms with Crippen LogP contribution in [-0.4, -0.2) is 20.3 Å². The molecule has 4 aromatic carbocycles. The second-order valence-corrected chi connectivity index (χ2v) is 11.4. The third-order valence-electron chi connectivity index (χ3n) is 6.05. The van der Waals surface area contributed by atoms with Crippen molar-refractivity contribution in [2.45, 2.75) is 24.3 Å². The molecule has 0 aromatic heterocycles. The average Bonchev–Trinajstić information content (AvgIpc) is 2.88. The van der Waals surface area contributed by atoms with Crippen LogP contribution in [0.25, 0.3) is 0 Å². The van der Waals surface area contributed by atoms with Gasteiger partial charge < -0.3 is 27.7 Å². The summed E-state index contributed by atoms with van der Waals surface area (Å²) in [5.41, 5.74) is 24.0. The molecule has 40 heavy (non-hydrogen) atoms. The molecule has 0 saturated carbocycles. The van der Waals surface area contributed by atoms with Crippen LogP contribution in [0.5, 0.6) is 0 Å². The second kappa shape index (κ2) is 10.6. The van der Waals surface area contributed by atoms with Crippen molar-refractivity contribution in [2.75, 3.05) is 27.2 Å². The van der Waals surface area contributed by atoms with Gasteiger partial charge in [0.25, 0.3) is 15.9 Å². The van der Waals surface area contributed by atoms with Crippen molar-refractivity contribution in [3.8, 4) is 0 Å². The van der Waals surface area contributed by atoms with E-state index in [0.29, 0.717) is 21.2 Å². The monoisotopic (exact) mass is 559 g/mol. The van der Waals surface area contributed by atoms with E-state index in [1.165, 1.54) is 60.7 Å². The molecular weight excluding hydrogens is 530 g/mol. The van der Waals surface area contributed by atoms with E-state index >= 15 is 0 Å². The van der Waals surface area contributed by atoms with Crippen molar-refractivity contribution < 1.29 is 22.7 Å². The topological polar surface area (TPSA) is 185 Å². The average molecular weight is 560 g/mol. The van der Waals surface area contributed by atoms with E-state index in [4.69, 9.17) is 27.7 Å². The fourth-order valence-electron chi connectivity index (χ4n) is 4.12. The van der Waals surface area contributed by atoms with Gasteiger partial charge in [0.15, 0.2) is 0 Å². The molecule has 0 unspecified atom stereocenters. The molecule has 4 rings (SSSR count). The first kappa shape index (κ1) is 28.0. The molecule has 4 aromatic rings. The zero-order chi connectivity index (χ0) is 29.2. The number of anilines is 5. The molecule has 10 nitrogen and oxygen atoms in total. The van der Waals surface area contributed by atoms with E-state index in [1.54, 1.807) is 44.2 Å². The first-order chi connectivity index (χ1) is 18.8. The summed E-state index contributed by atoms with van der Waals surface area (Å²) >= 11 is 0. The Balaban J connectivity index is 1.71. The number of nitrogen functional groups attached to an aromatic ring is 4. The van der Waals surface area contributed by atoms with Crippen molar-refractivity contribution >= 4 is 50.3 Å². The molecule has 8 N–H and O–H groups in total. The van der Waals surface area contributed by atoms with Gasteiger partial charge in [-0.1, -0.05) is 30.3 Å². The Labute approximate surface area is 232 Å². The number of rotatable bonds is 7. The molecule has 0 aliphatic carbocycles. The molecule has 0 aliphatic rings. The largest absolute Gasteiger partial charge is 0.451 e. The van der Waals surface area contributed by atoms with E-state index in [0.717, 1.165) is 0 Å². The van der Waals surface area contributed by atoms with Crippen LogP contribution in [0.1, 0.15) is 40.1 Å². The molecule has 0 fully saturated rings. The molecule has 0 atom stereocenters. The normalized spacial score (nSPS) is 11.6. The van der Waals surface area contributed by atoms with Crippen LogP contribution in [0.15, 0.2) is 95.9 Å². The maximum Gasteiger partial charge on any atom is 0.339 e. The van der Waals surface area contributed by atoms with Crippen molar-refractivity contribution in [1.82, 2.24) is 0 Å². The lowest BCUT2D eigenvalue weighted by Gasteiger charge is -2.27. The third kappa shape index (κ3) is 5.84. The molecule has 0 spiro atoms. The summed E-state index contributed by atoms with van der Waals surface area (Å²) in [6.45, 7) is 3.35. The Hall–Kier alpha value is -5.03. The van der Waals surface area contributed by atoms with Gasteiger partial charge >= 0.3 is 5.97 Å². The van der Waals surface area contributed by atoms with E-state index in [9.17, 15) is 18.0 Å². The van der Waals surface area contributed by atoms with Gasteiger partial charge in [-0.05, 0) is 80.1 Å². The first-order valence-corrected chi connectivity index (χ1v) is 13.5. The van der Waals surface area contributed by atoms with E-state index in [2.05, 4.69) is 0 Å². The number of hydrogen-bond acceptors (Lipinski definition) is 9. The molecule has 0 bridgehead atoms. The smallest absolute Gasteiger partial charge is 0.339 e. The van der Waals surface area contributed by atoms with E-state index < -0.39 is 27.5 Å². The number of benzene rings is 4. The Morgan fingerprint density at radius 1 is 0.700 bits per heavy atom. The fraction of sp³-hybridized carbons (Fsp3) is 0.103. The summed E-state index contributed by atoms with van der Waals surface area (Å²) in [6, 6.07) is 22.2. The standard InChI is InChI=1S/C29H29N5O5S/c1-29(2,39-28(36)19-14-23(32)17-24(33)15-19)20-8-10-25(11-9-20)34(40(37,38)26-6-4-3-5-7-26)27(35)18-12-21(30)16-22(31)13-18/h3-17H,30-33H2,1-2H3. The maximum atomic E-state index is 13.7. The number of hydrogen-bond donors (Lipinski definition) is 4. The highest BCUT2D eigenvalue weighted by atomic mass is 32.2. The van der Waals surface area contributed by atoms with Crippen molar-refractivity contribution in [1.29, 1.82) is 0 Å². The SMILES string of the molecule is CC(C)(OC(=O)c1cc(N)cc(N)c1)c1ccc(N(C(=O)c2cc(N)cc(N)c2)S(=O)(=O)c2ccccc2)cc1. The lowest BCUT2D eigenvalue weighted by atomic mass is 9.97. The van der Waals surface area contributed by atoms with Crippen LogP contribution in [-0.2, 0) is 20.4 Å². The van der Waals surface area contributed by atoms with Gasteiger partial charge in [-0.25, -0.2) is 13.2 Å². The fourth-order valence-corrected chi connectivity index (χ4v) is 5.56. The van der Waals surface area contributed by atoms with Gasteiger partial charge in [0.2, 0.25) is 0 Å². The lowest BCUT2D eigenvalue weighted by Crippen LogP contribution is -2.37. The van der Waals surface area contributed by atoms with Crippen LogP contribution < -0.4 is 27.2 Å². The number of amides is 1. The Bertz CT molecular complexity index is 1650. The van der Waals surface area contributed by atoms with Gasteiger partial charge in [0.1, 0.15) is 5.60 Å². The van der Waals surface area contributed by atoms with Gasteiger partial charge in [-0.3, -0.25) is 4.79 Å². The highest BCUT2D eigenvalue weighted by Gasteiger charge is 2.33. The number of sulfonamides is 1.